The lowest BCUT2D eigenvalue weighted by Crippen LogP contribution is -2.09. The fourth-order valence-electron chi connectivity index (χ4n) is 4.01. The number of hydrogen-bond acceptors (Lipinski definition) is 1. The van der Waals surface area contributed by atoms with E-state index in [-0.39, 0.29) is 0 Å². The minimum absolute atomic E-state index is 0.980. The van der Waals surface area contributed by atoms with Crippen molar-refractivity contribution in [2.75, 3.05) is 0 Å². The Morgan fingerprint density at radius 2 is 1.65 bits per heavy atom. The average molecular weight is 442 g/mol. The number of hydrogen-bond donors (Lipinski definition) is 1. The average Bonchev–Trinajstić information content (AvgIpc) is 3.34. The van der Waals surface area contributed by atoms with Crippen molar-refractivity contribution in [3.63, 3.8) is 0 Å². The molecule has 2 aromatic carbocycles. The summed E-state index contributed by atoms with van der Waals surface area (Å²) in [5.74, 6) is 0. The Morgan fingerprint density at radius 3 is 2.35 bits per heavy atom. The van der Waals surface area contributed by atoms with Gasteiger partial charge in [0.1, 0.15) is 0 Å². The molecule has 0 amide bonds. The van der Waals surface area contributed by atoms with E-state index in [9.17, 15) is 0 Å². The van der Waals surface area contributed by atoms with Crippen LogP contribution in [-0.2, 0) is 0 Å². The van der Waals surface area contributed by atoms with E-state index in [0.717, 1.165) is 29.8 Å². The van der Waals surface area contributed by atoms with Gasteiger partial charge in [-0.05, 0) is 78.8 Å². The summed E-state index contributed by atoms with van der Waals surface area (Å²) >= 11 is 0. The highest BCUT2D eigenvalue weighted by Gasteiger charge is 2.09. The zero-order valence-electron chi connectivity index (χ0n) is 20.0. The summed E-state index contributed by atoms with van der Waals surface area (Å²) in [6.45, 7) is 4.07. The molecule has 0 saturated carbocycles. The zero-order chi connectivity index (χ0) is 23.6. The van der Waals surface area contributed by atoms with E-state index in [4.69, 9.17) is 0 Å². The van der Waals surface area contributed by atoms with Crippen LogP contribution in [0.3, 0.4) is 0 Å². The van der Waals surface area contributed by atoms with Gasteiger partial charge in [-0.15, -0.1) is 0 Å². The van der Waals surface area contributed by atoms with Crippen molar-refractivity contribution >= 4 is 17.2 Å². The highest BCUT2D eigenvalue weighted by molar-refractivity contribution is 5.78. The largest absolute Gasteiger partial charge is 0.349 e. The summed E-state index contributed by atoms with van der Waals surface area (Å²) in [6, 6.07) is 19.2. The smallest absolute Gasteiger partial charge is 0.0824 e. The van der Waals surface area contributed by atoms with Crippen molar-refractivity contribution < 1.29 is 0 Å². The third-order valence-corrected chi connectivity index (χ3v) is 5.79. The highest BCUT2D eigenvalue weighted by atomic mass is 14.9. The topological polar surface area (TPSA) is 12.0 Å². The molecule has 2 aromatic rings. The molecule has 0 atom stereocenters. The molecule has 0 aromatic heterocycles. The van der Waals surface area contributed by atoms with Gasteiger partial charge in [-0.3, -0.25) is 0 Å². The molecule has 0 bridgehead atoms. The van der Waals surface area contributed by atoms with Crippen LogP contribution in [0.25, 0.3) is 17.2 Å². The first-order valence-corrected chi connectivity index (χ1v) is 11.9. The van der Waals surface area contributed by atoms with E-state index in [1.54, 1.807) is 0 Å². The number of nitrogens with one attached hydrogen (secondary N) is 1. The lowest BCUT2D eigenvalue weighted by atomic mass is 9.93. The summed E-state index contributed by atoms with van der Waals surface area (Å²) in [6.07, 6.45) is 25.4. The lowest BCUT2D eigenvalue weighted by Gasteiger charge is -2.14. The fourth-order valence-corrected chi connectivity index (χ4v) is 4.01. The number of allylic oxidation sites excluding steroid dienone is 12. The van der Waals surface area contributed by atoms with Crippen LogP contribution in [0.1, 0.15) is 43.4 Å². The van der Waals surface area contributed by atoms with Gasteiger partial charge in [-0.1, -0.05) is 103 Å². The third kappa shape index (κ3) is 6.25. The van der Waals surface area contributed by atoms with Gasteiger partial charge in [-0.2, -0.15) is 0 Å². The van der Waals surface area contributed by atoms with Crippen molar-refractivity contribution in [3.05, 3.63) is 155 Å². The first-order valence-electron chi connectivity index (χ1n) is 11.9. The van der Waals surface area contributed by atoms with Gasteiger partial charge in [-0.25, -0.2) is 0 Å². The van der Waals surface area contributed by atoms with Gasteiger partial charge in [0.2, 0.25) is 0 Å². The van der Waals surface area contributed by atoms with Crippen LogP contribution >= 0.6 is 0 Å². The van der Waals surface area contributed by atoms with Gasteiger partial charge < -0.3 is 5.32 Å². The summed E-state index contributed by atoms with van der Waals surface area (Å²) in [7, 11) is 0. The van der Waals surface area contributed by atoms with Gasteiger partial charge in [0.25, 0.3) is 0 Å². The number of rotatable bonds is 8. The van der Waals surface area contributed by atoms with Crippen LogP contribution in [0.5, 0.6) is 0 Å². The maximum atomic E-state index is 3.54. The Hall–Kier alpha value is -4.06. The van der Waals surface area contributed by atoms with E-state index >= 15 is 0 Å². The summed E-state index contributed by atoms with van der Waals surface area (Å²) in [5, 5.41) is 3.54. The molecule has 2 aliphatic rings. The Morgan fingerprint density at radius 1 is 0.824 bits per heavy atom. The maximum absolute atomic E-state index is 3.54. The minimum atomic E-state index is 0.980. The predicted molar refractivity (Wildman–Crippen MR) is 148 cm³/mol. The van der Waals surface area contributed by atoms with Crippen LogP contribution in [0, 0.1) is 0 Å². The molecule has 34 heavy (non-hydrogen) atoms. The Labute approximate surface area is 203 Å². The minimum Gasteiger partial charge on any atom is -0.349 e. The maximum Gasteiger partial charge on any atom is 0.0824 e. The van der Waals surface area contributed by atoms with E-state index in [1.807, 2.05) is 26.0 Å². The summed E-state index contributed by atoms with van der Waals surface area (Å²) in [4.78, 5) is 0. The molecule has 1 heteroatoms. The van der Waals surface area contributed by atoms with Crippen molar-refractivity contribution in [2.45, 2.75) is 26.7 Å². The van der Waals surface area contributed by atoms with Gasteiger partial charge in [0.05, 0.1) is 5.70 Å². The van der Waals surface area contributed by atoms with Crippen molar-refractivity contribution in [1.29, 1.82) is 0 Å². The lowest BCUT2D eigenvalue weighted by molar-refractivity contribution is 0.985. The van der Waals surface area contributed by atoms with E-state index in [2.05, 4.69) is 120 Å². The Balaban J connectivity index is 1.49. The molecule has 0 saturated heterocycles. The first kappa shape index (κ1) is 23.1. The standard InChI is InChI=1S/C33H31N/c1-3-5-7-11-26-14-18-30(19-15-26)31-22-23-33(25-31)34-32(10-4-2)24-27-16-20-29(21-17-27)28-12-8-6-9-13-28/h3-16,18-20,22-24,34H,17,21H2,1-2H3/b5-3-,10-4-,11-7-,32-24+. The molecule has 0 radical (unpaired) electrons. The molecule has 0 aliphatic heterocycles. The second-order valence-corrected chi connectivity index (χ2v) is 8.32. The summed E-state index contributed by atoms with van der Waals surface area (Å²) < 4.78 is 0. The third-order valence-electron chi connectivity index (χ3n) is 5.79. The molecule has 0 spiro atoms. The SMILES string of the molecule is C/C=C\C=C/c1ccc(C2=C=C(NC(/C=C\C)=C/C3=CC=C(c4ccccc4)CC3)C=C2)cc1. The van der Waals surface area contributed by atoms with Crippen molar-refractivity contribution in [1.82, 2.24) is 5.32 Å². The van der Waals surface area contributed by atoms with Gasteiger partial charge in [0, 0.05) is 11.3 Å². The normalized spacial score (nSPS) is 16.2. The van der Waals surface area contributed by atoms with E-state index in [1.165, 1.54) is 27.8 Å². The van der Waals surface area contributed by atoms with Crippen LogP contribution in [0.2, 0.25) is 0 Å². The molecular formula is C33H31N. The Kier molecular flexibility index (Phi) is 7.95. The second-order valence-electron chi connectivity index (χ2n) is 8.32. The second kappa shape index (κ2) is 11.7. The molecular weight excluding hydrogens is 410 g/mol. The monoisotopic (exact) mass is 441 g/mol. The zero-order valence-corrected chi connectivity index (χ0v) is 20.0. The van der Waals surface area contributed by atoms with Crippen LogP contribution in [0.15, 0.2) is 138 Å². The molecule has 1 nitrogen and oxygen atoms in total. The predicted octanol–water partition coefficient (Wildman–Crippen LogP) is 8.57. The first-order chi connectivity index (χ1) is 16.7. The van der Waals surface area contributed by atoms with E-state index in [0.29, 0.717) is 0 Å². The molecule has 0 fully saturated rings. The molecule has 1 N–H and O–H groups in total. The van der Waals surface area contributed by atoms with Crippen LogP contribution in [0.4, 0.5) is 0 Å². The summed E-state index contributed by atoms with van der Waals surface area (Å²) in [5.41, 5.74) is 13.1. The van der Waals surface area contributed by atoms with Gasteiger partial charge >= 0.3 is 0 Å². The van der Waals surface area contributed by atoms with Crippen LogP contribution in [-0.4, -0.2) is 0 Å². The van der Waals surface area contributed by atoms with Crippen LogP contribution < -0.4 is 5.32 Å². The van der Waals surface area contributed by atoms with Crippen molar-refractivity contribution in [2.24, 2.45) is 0 Å². The van der Waals surface area contributed by atoms with E-state index < -0.39 is 0 Å². The molecule has 0 heterocycles. The Bertz CT molecular complexity index is 1280. The molecule has 2 aliphatic carbocycles. The molecule has 4 rings (SSSR count). The highest BCUT2D eigenvalue weighted by Crippen LogP contribution is 2.28. The molecule has 0 unspecified atom stereocenters. The fraction of sp³-hybridized carbons (Fsp3) is 0.121. The van der Waals surface area contributed by atoms with Crippen molar-refractivity contribution in [3.8, 4) is 0 Å². The van der Waals surface area contributed by atoms with Gasteiger partial charge in [0.15, 0.2) is 0 Å². The molecule has 168 valence electrons. The number of benzene rings is 2. The quantitative estimate of drug-likeness (QED) is 0.319.